The predicted octanol–water partition coefficient (Wildman–Crippen LogP) is 5.05. The average Bonchev–Trinajstić information content (AvgIpc) is 2.65. The van der Waals surface area contributed by atoms with Gasteiger partial charge >= 0.3 is 0 Å². The molecule has 26 heavy (non-hydrogen) atoms. The summed E-state index contributed by atoms with van der Waals surface area (Å²) in [5, 5.41) is 6.77. The maximum atomic E-state index is 12.5. The van der Waals surface area contributed by atoms with E-state index in [2.05, 4.69) is 15.6 Å². The molecule has 0 aliphatic heterocycles. The molecule has 2 aromatic carbocycles. The summed E-state index contributed by atoms with van der Waals surface area (Å²) >= 11 is 5.99. The molecule has 3 aromatic rings. The third-order valence-electron chi connectivity index (χ3n) is 3.82. The molecule has 0 saturated heterocycles. The number of aromatic nitrogens is 1. The summed E-state index contributed by atoms with van der Waals surface area (Å²) in [5.41, 5.74) is 3.57. The standard InChI is InChI=1S/C20H18ClN3O2/c1-13-11-14(21)7-8-16(13)23-15-9-10-22-18(12-15)20(25)24-17-5-3-4-6-19(17)26-2/h3-12H,1-2H3,(H,22,23)(H,24,25). The Morgan fingerprint density at radius 3 is 2.65 bits per heavy atom. The molecule has 0 saturated carbocycles. The smallest absolute Gasteiger partial charge is 0.274 e. The van der Waals surface area contributed by atoms with Crippen LogP contribution in [0.25, 0.3) is 0 Å². The molecule has 3 rings (SSSR count). The highest BCUT2D eigenvalue weighted by molar-refractivity contribution is 6.30. The van der Waals surface area contributed by atoms with Gasteiger partial charge in [0.05, 0.1) is 12.8 Å². The molecule has 1 amide bonds. The first-order valence-corrected chi connectivity index (χ1v) is 8.38. The van der Waals surface area contributed by atoms with Crippen LogP contribution < -0.4 is 15.4 Å². The topological polar surface area (TPSA) is 63.2 Å². The lowest BCUT2D eigenvalue weighted by Gasteiger charge is -2.12. The second-order valence-electron chi connectivity index (χ2n) is 5.67. The van der Waals surface area contributed by atoms with Crippen LogP contribution in [0.2, 0.25) is 5.02 Å². The van der Waals surface area contributed by atoms with Crippen LogP contribution in [0.1, 0.15) is 16.1 Å². The van der Waals surface area contributed by atoms with E-state index in [4.69, 9.17) is 16.3 Å². The number of pyridine rings is 1. The van der Waals surface area contributed by atoms with Crippen LogP contribution in [0.15, 0.2) is 60.8 Å². The van der Waals surface area contributed by atoms with Gasteiger partial charge in [0.25, 0.3) is 5.91 Å². The number of hydrogen-bond acceptors (Lipinski definition) is 4. The number of nitrogens with zero attached hydrogens (tertiary/aromatic N) is 1. The summed E-state index contributed by atoms with van der Waals surface area (Å²) < 4.78 is 5.25. The Kier molecular flexibility index (Phi) is 5.39. The van der Waals surface area contributed by atoms with Gasteiger partial charge in [-0.2, -0.15) is 0 Å². The van der Waals surface area contributed by atoms with E-state index in [0.717, 1.165) is 16.9 Å². The maximum Gasteiger partial charge on any atom is 0.274 e. The van der Waals surface area contributed by atoms with Crippen LogP contribution in [0.4, 0.5) is 17.1 Å². The first-order valence-electron chi connectivity index (χ1n) is 8.00. The number of halogens is 1. The summed E-state index contributed by atoms with van der Waals surface area (Å²) in [4.78, 5) is 16.7. The molecule has 1 heterocycles. The van der Waals surface area contributed by atoms with Gasteiger partial charge in [-0.1, -0.05) is 23.7 Å². The van der Waals surface area contributed by atoms with Crippen molar-refractivity contribution in [3.05, 3.63) is 77.1 Å². The number of amides is 1. The number of aryl methyl sites for hydroxylation is 1. The van der Waals surface area contributed by atoms with Crippen LogP contribution in [0.3, 0.4) is 0 Å². The zero-order valence-electron chi connectivity index (χ0n) is 14.4. The van der Waals surface area contributed by atoms with E-state index in [1.54, 1.807) is 37.6 Å². The molecule has 0 bridgehead atoms. The Morgan fingerprint density at radius 1 is 1.08 bits per heavy atom. The fourth-order valence-corrected chi connectivity index (χ4v) is 2.72. The molecule has 0 atom stereocenters. The molecular weight excluding hydrogens is 350 g/mol. The van der Waals surface area contributed by atoms with Gasteiger partial charge in [0, 0.05) is 22.6 Å². The van der Waals surface area contributed by atoms with Crippen LogP contribution in [0, 0.1) is 6.92 Å². The first kappa shape index (κ1) is 17.8. The van der Waals surface area contributed by atoms with Crippen molar-refractivity contribution in [3.8, 4) is 5.75 Å². The van der Waals surface area contributed by atoms with Crippen LogP contribution in [-0.4, -0.2) is 18.0 Å². The Bertz CT molecular complexity index is 944. The number of para-hydroxylation sites is 2. The number of hydrogen-bond donors (Lipinski definition) is 2. The van der Waals surface area contributed by atoms with Gasteiger partial charge in [-0.15, -0.1) is 0 Å². The number of carbonyl (C=O) groups excluding carboxylic acids is 1. The third kappa shape index (κ3) is 4.13. The van der Waals surface area contributed by atoms with Crippen LogP contribution in [0.5, 0.6) is 5.75 Å². The van der Waals surface area contributed by atoms with Gasteiger partial charge in [-0.3, -0.25) is 9.78 Å². The van der Waals surface area contributed by atoms with Crippen molar-refractivity contribution in [3.63, 3.8) is 0 Å². The van der Waals surface area contributed by atoms with Gasteiger partial charge in [-0.05, 0) is 55.0 Å². The zero-order chi connectivity index (χ0) is 18.5. The van der Waals surface area contributed by atoms with Crippen molar-refractivity contribution in [1.29, 1.82) is 0 Å². The fraction of sp³-hybridized carbons (Fsp3) is 0.100. The van der Waals surface area contributed by atoms with Gasteiger partial charge in [0.1, 0.15) is 11.4 Å². The second kappa shape index (κ2) is 7.89. The summed E-state index contributed by atoms with van der Waals surface area (Å²) in [6, 6.07) is 16.3. The number of anilines is 3. The third-order valence-corrected chi connectivity index (χ3v) is 4.05. The molecule has 1 aromatic heterocycles. The molecule has 6 heteroatoms. The minimum atomic E-state index is -0.314. The highest BCUT2D eigenvalue weighted by atomic mass is 35.5. The predicted molar refractivity (Wildman–Crippen MR) is 105 cm³/mol. The summed E-state index contributed by atoms with van der Waals surface area (Å²) in [7, 11) is 1.56. The monoisotopic (exact) mass is 367 g/mol. The van der Waals surface area contributed by atoms with Crippen molar-refractivity contribution in [2.75, 3.05) is 17.7 Å². The number of nitrogens with one attached hydrogen (secondary N) is 2. The van der Waals surface area contributed by atoms with Gasteiger partial charge in [0.15, 0.2) is 0 Å². The summed E-state index contributed by atoms with van der Waals surface area (Å²) in [5.74, 6) is 0.276. The largest absolute Gasteiger partial charge is 0.495 e. The SMILES string of the molecule is COc1ccccc1NC(=O)c1cc(Nc2ccc(Cl)cc2C)ccn1. The van der Waals surface area contributed by atoms with E-state index in [0.29, 0.717) is 22.2 Å². The quantitative estimate of drug-likeness (QED) is 0.662. The Morgan fingerprint density at radius 2 is 1.88 bits per heavy atom. The van der Waals surface area contributed by atoms with Gasteiger partial charge in [-0.25, -0.2) is 0 Å². The summed E-state index contributed by atoms with van der Waals surface area (Å²) in [6.45, 7) is 1.96. The molecule has 5 nitrogen and oxygen atoms in total. The van der Waals surface area contributed by atoms with E-state index < -0.39 is 0 Å². The van der Waals surface area contributed by atoms with Crippen molar-refractivity contribution in [2.24, 2.45) is 0 Å². The lowest BCUT2D eigenvalue weighted by atomic mass is 10.2. The molecule has 0 spiro atoms. The van der Waals surface area contributed by atoms with E-state index in [-0.39, 0.29) is 5.91 Å². The minimum absolute atomic E-state index is 0.299. The average molecular weight is 368 g/mol. The van der Waals surface area contributed by atoms with Gasteiger partial charge in [0.2, 0.25) is 0 Å². The van der Waals surface area contributed by atoms with E-state index >= 15 is 0 Å². The minimum Gasteiger partial charge on any atom is -0.495 e. The van der Waals surface area contributed by atoms with Crippen molar-refractivity contribution in [1.82, 2.24) is 4.98 Å². The highest BCUT2D eigenvalue weighted by Gasteiger charge is 2.11. The maximum absolute atomic E-state index is 12.5. The van der Waals surface area contributed by atoms with Crippen LogP contribution in [-0.2, 0) is 0 Å². The van der Waals surface area contributed by atoms with Gasteiger partial charge < -0.3 is 15.4 Å². The Hall–Kier alpha value is -3.05. The second-order valence-corrected chi connectivity index (χ2v) is 6.10. The highest BCUT2D eigenvalue weighted by Crippen LogP contribution is 2.25. The summed E-state index contributed by atoms with van der Waals surface area (Å²) in [6.07, 6.45) is 1.59. The molecule has 0 aliphatic carbocycles. The van der Waals surface area contributed by atoms with E-state index in [1.807, 2.05) is 37.3 Å². The molecule has 0 fully saturated rings. The molecule has 0 unspecified atom stereocenters. The van der Waals surface area contributed by atoms with Crippen molar-refractivity contribution < 1.29 is 9.53 Å². The lowest BCUT2D eigenvalue weighted by molar-refractivity contribution is 0.102. The number of rotatable bonds is 5. The van der Waals surface area contributed by atoms with Crippen LogP contribution >= 0.6 is 11.6 Å². The molecule has 0 aliphatic rings. The molecule has 0 radical (unpaired) electrons. The van der Waals surface area contributed by atoms with E-state index in [9.17, 15) is 4.79 Å². The van der Waals surface area contributed by atoms with Crippen molar-refractivity contribution in [2.45, 2.75) is 6.92 Å². The zero-order valence-corrected chi connectivity index (χ0v) is 15.2. The first-order chi connectivity index (χ1) is 12.6. The lowest BCUT2D eigenvalue weighted by Crippen LogP contribution is -2.14. The Labute approximate surface area is 157 Å². The molecule has 132 valence electrons. The molecular formula is C20H18ClN3O2. The molecule has 2 N–H and O–H groups in total. The van der Waals surface area contributed by atoms with Crippen molar-refractivity contribution >= 4 is 34.6 Å². The number of carbonyl (C=O) groups is 1. The normalized spacial score (nSPS) is 10.3. The fourth-order valence-electron chi connectivity index (χ4n) is 2.49. The number of ether oxygens (including phenoxy) is 1. The number of methoxy groups -OCH3 is 1. The Balaban J connectivity index is 1.79. The number of benzene rings is 2. The van der Waals surface area contributed by atoms with E-state index in [1.165, 1.54) is 0 Å².